The molecule has 1 unspecified atom stereocenters. The van der Waals surface area contributed by atoms with Crippen molar-refractivity contribution in [1.29, 1.82) is 0 Å². The average Bonchev–Trinajstić information content (AvgIpc) is 2.82. The molecule has 0 spiro atoms. The monoisotopic (exact) mass is 233 g/mol. The van der Waals surface area contributed by atoms with E-state index in [-0.39, 0.29) is 6.10 Å². The molecule has 1 aliphatic rings. The van der Waals surface area contributed by atoms with E-state index in [1.807, 2.05) is 6.07 Å². The molecule has 1 fully saturated rings. The van der Waals surface area contributed by atoms with E-state index < -0.39 is 0 Å². The Morgan fingerprint density at radius 3 is 2.59 bits per heavy atom. The van der Waals surface area contributed by atoms with Crippen LogP contribution in [0.2, 0.25) is 0 Å². The van der Waals surface area contributed by atoms with Crippen LogP contribution in [0, 0.1) is 13.8 Å². The second kappa shape index (κ2) is 5.65. The summed E-state index contributed by atoms with van der Waals surface area (Å²) in [5.74, 6) is 0. The standard InChI is InChI=1S/C15H23NO/c1-11-7-8-13(9-12(11)2)15(17)10-16-14-5-3-4-6-14/h7-9,14-17H,3-6,10H2,1-2H3. The minimum atomic E-state index is -0.380. The fraction of sp³-hybridized carbons (Fsp3) is 0.600. The molecule has 0 bridgehead atoms. The summed E-state index contributed by atoms with van der Waals surface area (Å²) in [6.45, 7) is 4.87. The van der Waals surface area contributed by atoms with Crippen molar-refractivity contribution < 1.29 is 5.11 Å². The van der Waals surface area contributed by atoms with E-state index in [0.717, 1.165) is 5.56 Å². The molecule has 0 aliphatic heterocycles. The lowest BCUT2D eigenvalue weighted by molar-refractivity contribution is 0.170. The van der Waals surface area contributed by atoms with Crippen molar-refractivity contribution in [3.63, 3.8) is 0 Å². The summed E-state index contributed by atoms with van der Waals surface area (Å²) >= 11 is 0. The van der Waals surface area contributed by atoms with Gasteiger partial charge in [-0.2, -0.15) is 0 Å². The Hall–Kier alpha value is -0.860. The van der Waals surface area contributed by atoms with Crippen LogP contribution in [0.3, 0.4) is 0 Å². The fourth-order valence-electron chi connectivity index (χ4n) is 2.50. The van der Waals surface area contributed by atoms with Crippen molar-refractivity contribution in [3.8, 4) is 0 Å². The summed E-state index contributed by atoms with van der Waals surface area (Å²) in [6, 6.07) is 6.83. The van der Waals surface area contributed by atoms with Gasteiger partial charge in [-0.25, -0.2) is 0 Å². The van der Waals surface area contributed by atoms with E-state index in [1.165, 1.54) is 36.8 Å². The molecule has 17 heavy (non-hydrogen) atoms. The lowest BCUT2D eigenvalue weighted by atomic mass is 10.0. The summed E-state index contributed by atoms with van der Waals surface area (Å²) in [4.78, 5) is 0. The molecular weight excluding hydrogens is 210 g/mol. The van der Waals surface area contributed by atoms with Crippen molar-refractivity contribution in [1.82, 2.24) is 5.32 Å². The SMILES string of the molecule is Cc1ccc(C(O)CNC2CCCC2)cc1C. The van der Waals surface area contributed by atoms with Gasteiger partial charge in [0, 0.05) is 12.6 Å². The van der Waals surface area contributed by atoms with Gasteiger partial charge in [0.05, 0.1) is 6.10 Å². The van der Waals surface area contributed by atoms with Gasteiger partial charge in [0.15, 0.2) is 0 Å². The van der Waals surface area contributed by atoms with E-state index in [2.05, 4.69) is 31.3 Å². The van der Waals surface area contributed by atoms with Gasteiger partial charge in [0.1, 0.15) is 0 Å². The number of aryl methyl sites for hydroxylation is 2. The van der Waals surface area contributed by atoms with E-state index in [1.54, 1.807) is 0 Å². The average molecular weight is 233 g/mol. The number of hydrogen-bond donors (Lipinski definition) is 2. The maximum absolute atomic E-state index is 10.1. The highest BCUT2D eigenvalue weighted by atomic mass is 16.3. The maximum Gasteiger partial charge on any atom is 0.0914 e. The highest BCUT2D eigenvalue weighted by Gasteiger charge is 2.16. The van der Waals surface area contributed by atoms with Crippen molar-refractivity contribution in [2.24, 2.45) is 0 Å². The minimum absolute atomic E-state index is 0.380. The second-order valence-corrected chi connectivity index (χ2v) is 5.25. The topological polar surface area (TPSA) is 32.3 Å². The summed E-state index contributed by atoms with van der Waals surface area (Å²) in [6.07, 6.45) is 4.81. The van der Waals surface area contributed by atoms with Crippen LogP contribution in [0.25, 0.3) is 0 Å². The molecular formula is C15H23NO. The van der Waals surface area contributed by atoms with Crippen LogP contribution >= 0.6 is 0 Å². The van der Waals surface area contributed by atoms with Gasteiger partial charge < -0.3 is 10.4 Å². The molecule has 0 saturated heterocycles. The van der Waals surface area contributed by atoms with Gasteiger partial charge in [0.2, 0.25) is 0 Å². The zero-order valence-corrected chi connectivity index (χ0v) is 10.9. The maximum atomic E-state index is 10.1. The molecule has 1 saturated carbocycles. The Balaban J connectivity index is 1.89. The van der Waals surface area contributed by atoms with Crippen molar-refractivity contribution >= 4 is 0 Å². The van der Waals surface area contributed by atoms with E-state index in [9.17, 15) is 5.11 Å². The molecule has 0 aromatic heterocycles. The number of benzene rings is 1. The zero-order chi connectivity index (χ0) is 12.3. The minimum Gasteiger partial charge on any atom is -0.387 e. The lowest BCUT2D eigenvalue weighted by Crippen LogP contribution is -2.30. The highest BCUT2D eigenvalue weighted by molar-refractivity contribution is 5.31. The number of aliphatic hydroxyl groups excluding tert-OH is 1. The predicted molar refractivity (Wildman–Crippen MR) is 71.1 cm³/mol. The molecule has 94 valence electrons. The summed E-state index contributed by atoms with van der Waals surface area (Å²) in [5.41, 5.74) is 3.56. The first-order chi connectivity index (χ1) is 8.16. The highest BCUT2D eigenvalue weighted by Crippen LogP contribution is 2.20. The van der Waals surface area contributed by atoms with Crippen LogP contribution in [0.15, 0.2) is 18.2 Å². The van der Waals surface area contributed by atoms with Gasteiger partial charge in [0.25, 0.3) is 0 Å². The molecule has 2 rings (SSSR count). The van der Waals surface area contributed by atoms with Crippen molar-refractivity contribution in [2.75, 3.05) is 6.54 Å². The summed E-state index contributed by atoms with van der Waals surface area (Å²) < 4.78 is 0. The van der Waals surface area contributed by atoms with Crippen molar-refractivity contribution in [3.05, 3.63) is 34.9 Å². The zero-order valence-electron chi connectivity index (χ0n) is 10.9. The third kappa shape index (κ3) is 3.30. The van der Waals surface area contributed by atoms with Gasteiger partial charge in [-0.3, -0.25) is 0 Å². The summed E-state index contributed by atoms with van der Waals surface area (Å²) in [5, 5.41) is 13.6. The smallest absolute Gasteiger partial charge is 0.0914 e. The lowest BCUT2D eigenvalue weighted by Gasteiger charge is -2.17. The molecule has 0 heterocycles. The van der Waals surface area contributed by atoms with Gasteiger partial charge in [-0.05, 0) is 43.4 Å². The first-order valence-electron chi connectivity index (χ1n) is 6.65. The summed E-state index contributed by atoms with van der Waals surface area (Å²) in [7, 11) is 0. The molecule has 0 amide bonds. The Labute approximate surface area is 104 Å². The Morgan fingerprint density at radius 1 is 1.24 bits per heavy atom. The van der Waals surface area contributed by atoms with Gasteiger partial charge in [-0.15, -0.1) is 0 Å². The Bertz CT molecular complexity index is 369. The number of rotatable bonds is 4. The Morgan fingerprint density at radius 2 is 1.94 bits per heavy atom. The molecule has 1 atom stereocenters. The number of nitrogens with one attached hydrogen (secondary N) is 1. The van der Waals surface area contributed by atoms with Crippen LogP contribution in [-0.4, -0.2) is 17.7 Å². The molecule has 0 radical (unpaired) electrons. The van der Waals surface area contributed by atoms with Gasteiger partial charge >= 0.3 is 0 Å². The fourth-order valence-corrected chi connectivity index (χ4v) is 2.50. The second-order valence-electron chi connectivity index (χ2n) is 5.25. The largest absolute Gasteiger partial charge is 0.387 e. The third-order valence-electron chi connectivity index (χ3n) is 3.87. The quantitative estimate of drug-likeness (QED) is 0.838. The van der Waals surface area contributed by atoms with E-state index in [4.69, 9.17) is 0 Å². The first-order valence-corrected chi connectivity index (χ1v) is 6.65. The van der Waals surface area contributed by atoms with Gasteiger partial charge in [-0.1, -0.05) is 31.0 Å². The molecule has 1 aromatic carbocycles. The normalized spacial score (nSPS) is 18.5. The van der Waals surface area contributed by atoms with Crippen LogP contribution in [-0.2, 0) is 0 Å². The van der Waals surface area contributed by atoms with Crippen LogP contribution in [0.4, 0.5) is 0 Å². The van der Waals surface area contributed by atoms with Crippen LogP contribution in [0.5, 0.6) is 0 Å². The predicted octanol–water partition coefficient (Wildman–Crippen LogP) is 2.87. The molecule has 1 aromatic rings. The number of hydrogen-bond acceptors (Lipinski definition) is 2. The molecule has 2 heteroatoms. The number of aliphatic hydroxyl groups is 1. The van der Waals surface area contributed by atoms with E-state index >= 15 is 0 Å². The van der Waals surface area contributed by atoms with E-state index in [0.29, 0.717) is 12.6 Å². The molecule has 2 nitrogen and oxygen atoms in total. The third-order valence-corrected chi connectivity index (χ3v) is 3.87. The first kappa shape index (κ1) is 12.6. The van der Waals surface area contributed by atoms with Crippen LogP contribution < -0.4 is 5.32 Å². The Kier molecular flexibility index (Phi) is 4.19. The molecule has 1 aliphatic carbocycles. The van der Waals surface area contributed by atoms with Crippen molar-refractivity contribution in [2.45, 2.75) is 51.7 Å². The van der Waals surface area contributed by atoms with Crippen LogP contribution in [0.1, 0.15) is 48.5 Å². The molecule has 2 N–H and O–H groups in total.